The van der Waals surface area contributed by atoms with E-state index in [1.165, 1.54) is 12.8 Å². The Kier molecular flexibility index (Phi) is 3.27. The van der Waals surface area contributed by atoms with E-state index in [1.54, 1.807) is 19.6 Å². The summed E-state index contributed by atoms with van der Waals surface area (Å²) in [5.74, 6) is 1.72. The molecule has 0 saturated heterocycles. The molecule has 1 aromatic rings. The fraction of sp³-hybridized carbons (Fsp3) is 0.545. The zero-order valence-corrected chi connectivity index (χ0v) is 8.99. The molecule has 0 atom stereocenters. The summed E-state index contributed by atoms with van der Waals surface area (Å²) in [6.07, 6.45) is 6.12. The Hall–Kier alpha value is -1.45. The molecule has 4 heteroatoms. The molecule has 82 valence electrons. The molecule has 0 unspecified atom stereocenters. The van der Waals surface area contributed by atoms with Crippen molar-refractivity contribution in [2.75, 3.05) is 13.6 Å². The van der Waals surface area contributed by atoms with E-state index >= 15 is 0 Å². The standard InChI is InChI=1S/C11H17N3O/c1-12-11(13-6-9-2-3-9)14-7-10-4-5-15-8-10/h4-5,8-9H,2-3,6-7H2,1H3,(H2,12,13,14). The van der Waals surface area contributed by atoms with Gasteiger partial charge in [0.15, 0.2) is 5.96 Å². The molecule has 1 aliphatic carbocycles. The normalized spacial score (nSPS) is 16.5. The van der Waals surface area contributed by atoms with Crippen LogP contribution in [0.4, 0.5) is 0 Å². The van der Waals surface area contributed by atoms with Crippen molar-refractivity contribution < 1.29 is 4.42 Å². The van der Waals surface area contributed by atoms with Crippen LogP contribution in [0.15, 0.2) is 28.0 Å². The second-order valence-corrected chi connectivity index (χ2v) is 3.88. The highest BCUT2D eigenvalue weighted by molar-refractivity contribution is 5.79. The van der Waals surface area contributed by atoms with Gasteiger partial charge in [0.25, 0.3) is 0 Å². The predicted molar refractivity (Wildman–Crippen MR) is 59.6 cm³/mol. The number of nitrogens with one attached hydrogen (secondary N) is 2. The maximum absolute atomic E-state index is 4.99. The average Bonchev–Trinajstić information content (AvgIpc) is 2.94. The molecular weight excluding hydrogens is 190 g/mol. The Bertz CT molecular complexity index is 315. The second-order valence-electron chi connectivity index (χ2n) is 3.88. The predicted octanol–water partition coefficient (Wildman–Crippen LogP) is 1.35. The molecule has 1 heterocycles. The molecule has 4 nitrogen and oxygen atoms in total. The molecule has 15 heavy (non-hydrogen) atoms. The number of rotatable bonds is 4. The lowest BCUT2D eigenvalue weighted by atomic mass is 10.3. The van der Waals surface area contributed by atoms with Crippen molar-refractivity contribution in [1.29, 1.82) is 0 Å². The third-order valence-electron chi connectivity index (χ3n) is 2.52. The lowest BCUT2D eigenvalue weighted by Gasteiger charge is -2.10. The van der Waals surface area contributed by atoms with Crippen molar-refractivity contribution in [1.82, 2.24) is 10.6 Å². The van der Waals surface area contributed by atoms with Crippen LogP contribution >= 0.6 is 0 Å². The van der Waals surface area contributed by atoms with Crippen molar-refractivity contribution in [3.05, 3.63) is 24.2 Å². The topological polar surface area (TPSA) is 49.6 Å². The summed E-state index contributed by atoms with van der Waals surface area (Å²) in [5.41, 5.74) is 1.13. The molecule has 1 fully saturated rings. The molecule has 1 saturated carbocycles. The van der Waals surface area contributed by atoms with E-state index in [-0.39, 0.29) is 0 Å². The Balaban J connectivity index is 1.70. The van der Waals surface area contributed by atoms with Crippen LogP contribution in [0.25, 0.3) is 0 Å². The largest absolute Gasteiger partial charge is 0.472 e. The Morgan fingerprint density at radius 3 is 3.00 bits per heavy atom. The van der Waals surface area contributed by atoms with Crippen LogP contribution in [-0.2, 0) is 6.54 Å². The van der Waals surface area contributed by atoms with Gasteiger partial charge in [-0.25, -0.2) is 0 Å². The van der Waals surface area contributed by atoms with Gasteiger partial charge in [0.1, 0.15) is 0 Å². The van der Waals surface area contributed by atoms with Crippen LogP contribution in [-0.4, -0.2) is 19.6 Å². The van der Waals surface area contributed by atoms with Gasteiger partial charge in [0.05, 0.1) is 12.5 Å². The highest BCUT2D eigenvalue weighted by atomic mass is 16.3. The molecule has 0 amide bonds. The number of aliphatic imine (C=N–C) groups is 1. The highest BCUT2D eigenvalue weighted by Crippen LogP contribution is 2.27. The summed E-state index contributed by atoms with van der Waals surface area (Å²) in [4.78, 5) is 4.15. The minimum Gasteiger partial charge on any atom is -0.472 e. The lowest BCUT2D eigenvalue weighted by Crippen LogP contribution is -2.37. The number of furan rings is 1. The van der Waals surface area contributed by atoms with Crippen molar-refractivity contribution in [3.63, 3.8) is 0 Å². The zero-order chi connectivity index (χ0) is 10.5. The first-order chi connectivity index (χ1) is 7.38. The molecule has 0 aliphatic heterocycles. The molecule has 1 aliphatic rings. The van der Waals surface area contributed by atoms with Crippen LogP contribution in [0.1, 0.15) is 18.4 Å². The van der Waals surface area contributed by atoms with Gasteiger partial charge in [0.2, 0.25) is 0 Å². The van der Waals surface area contributed by atoms with Crippen LogP contribution in [0, 0.1) is 5.92 Å². The maximum atomic E-state index is 4.99. The first kappa shape index (κ1) is 10.1. The quantitative estimate of drug-likeness (QED) is 0.579. The smallest absolute Gasteiger partial charge is 0.191 e. The molecule has 2 rings (SSSR count). The molecule has 0 aromatic carbocycles. The summed E-state index contributed by atoms with van der Waals surface area (Å²) in [6, 6.07) is 1.95. The van der Waals surface area contributed by atoms with Gasteiger partial charge >= 0.3 is 0 Å². The lowest BCUT2D eigenvalue weighted by molar-refractivity contribution is 0.563. The first-order valence-electron chi connectivity index (χ1n) is 5.34. The van der Waals surface area contributed by atoms with E-state index in [2.05, 4.69) is 15.6 Å². The number of guanidine groups is 1. The van der Waals surface area contributed by atoms with Crippen molar-refractivity contribution >= 4 is 5.96 Å². The summed E-state index contributed by atoms with van der Waals surface area (Å²) in [5, 5.41) is 6.54. The van der Waals surface area contributed by atoms with E-state index in [0.29, 0.717) is 0 Å². The third-order valence-corrected chi connectivity index (χ3v) is 2.52. The molecule has 1 aromatic heterocycles. The fourth-order valence-corrected chi connectivity index (χ4v) is 1.36. The molecule has 0 bridgehead atoms. The fourth-order valence-electron chi connectivity index (χ4n) is 1.36. The minimum absolute atomic E-state index is 0.751. The van der Waals surface area contributed by atoms with Crippen LogP contribution < -0.4 is 10.6 Å². The number of hydrogen-bond acceptors (Lipinski definition) is 2. The molecule has 0 spiro atoms. The average molecular weight is 207 g/mol. The Labute approximate surface area is 89.8 Å². The van der Waals surface area contributed by atoms with E-state index in [1.807, 2.05) is 6.07 Å². The van der Waals surface area contributed by atoms with Gasteiger partial charge in [-0.3, -0.25) is 4.99 Å². The van der Waals surface area contributed by atoms with Crippen molar-refractivity contribution in [2.24, 2.45) is 10.9 Å². The maximum Gasteiger partial charge on any atom is 0.191 e. The summed E-state index contributed by atoms with van der Waals surface area (Å²) < 4.78 is 4.99. The SMILES string of the molecule is CN=C(NCc1ccoc1)NCC1CC1. The number of hydrogen-bond donors (Lipinski definition) is 2. The minimum atomic E-state index is 0.751. The van der Waals surface area contributed by atoms with Gasteiger partial charge in [-0.15, -0.1) is 0 Å². The monoisotopic (exact) mass is 207 g/mol. The van der Waals surface area contributed by atoms with Crippen LogP contribution in [0.5, 0.6) is 0 Å². The summed E-state index contributed by atoms with van der Waals surface area (Å²) in [7, 11) is 1.79. The van der Waals surface area contributed by atoms with Gasteiger partial charge in [-0.05, 0) is 24.8 Å². The van der Waals surface area contributed by atoms with Crippen LogP contribution in [0.2, 0.25) is 0 Å². The third kappa shape index (κ3) is 3.31. The molecular formula is C11H17N3O. The number of nitrogens with zero attached hydrogens (tertiary/aromatic N) is 1. The molecule has 0 radical (unpaired) electrons. The summed E-state index contributed by atoms with van der Waals surface area (Å²) in [6.45, 7) is 1.78. The second kappa shape index (κ2) is 4.87. The van der Waals surface area contributed by atoms with Gasteiger partial charge < -0.3 is 15.1 Å². The zero-order valence-electron chi connectivity index (χ0n) is 8.99. The van der Waals surface area contributed by atoms with Crippen LogP contribution in [0.3, 0.4) is 0 Å². The van der Waals surface area contributed by atoms with E-state index in [0.717, 1.165) is 30.5 Å². The molecule has 2 N–H and O–H groups in total. The van der Waals surface area contributed by atoms with Gasteiger partial charge in [-0.1, -0.05) is 0 Å². The Morgan fingerprint density at radius 1 is 1.53 bits per heavy atom. The van der Waals surface area contributed by atoms with E-state index < -0.39 is 0 Å². The summed E-state index contributed by atoms with van der Waals surface area (Å²) >= 11 is 0. The highest BCUT2D eigenvalue weighted by Gasteiger charge is 2.20. The van der Waals surface area contributed by atoms with Crippen molar-refractivity contribution in [2.45, 2.75) is 19.4 Å². The van der Waals surface area contributed by atoms with E-state index in [4.69, 9.17) is 4.42 Å². The first-order valence-corrected chi connectivity index (χ1v) is 5.34. The Morgan fingerprint density at radius 2 is 2.40 bits per heavy atom. The van der Waals surface area contributed by atoms with Gasteiger partial charge in [-0.2, -0.15) is 0 Å². The van der Waals surface area contributed by atoms with Crippen molar-refractivity contribution in [3.8, 4) is 0 Å². The van der Waals surface area contributed by atoms with Gasteiger partial charge in [0, 0.05) is 25.7 Å². The van der Waals surface area contributed by atoms with E-state index in [9.17, 15) is 0 Å².